The second kappa shape index (κ2) is 10.7. The van der Waals surface area contributed by atoms with Crippen LogP contribution in [0.2, 0.25) is 10.0 Å². The van der Waals surface area contributed by atoms with Gasteiger partial charge in [-0.15, -0.1) is 0 Å². The summed E-state index contributed by atoms with van der Waals surface area (Å²) in [5.41, 5.74) is -0.221. The van der Waals surface area contributed by atoms with E-state index in [1.165, 1.54) is 14.2 Å². The number of ether oxygens (including phenoxy) is 2. The highest BCUT2D eigenvalue weighted by Crippen LogP contribution is 2.37. The van der Waals surface area contributed by atoms with Crippen molar-refractivity contribution < 1.29 is 26.9 Å². The first-order valence-electron chi connectivity index (χ1n) is 9.55. The number of hydrogen-bond acceptors (Lipinski definition) is 7. The van der Waals surface area contributed by atoms with Gasteiger partial charge in [0.1, 0.15) is 17.1 Å². The van der Waals surface area contributed by atoms with E-state index in [9.17, 15) is 13.2 Å². The summed E-state index contributed by atoms with van der Waals surface area (Å²) in [5, 5.41) is 9.22. The SMILES string of the molecule is COc1cccc(OC)c1C(=O)C(=N)CC(C)(CCOS(C)(=O)=O)c1ccc(Cl)c(Cl)c1. The lowest BCUT2D eigenvalue weighted by atomic mass is 9.74. The lowest BCUT2D eigenvalue weighted by molar-refractivity contribution is 0.105. The van der Waals surface area contributed by atoms with E-state index in [1.54, 1.807) is 43.3 Å². The highest BCUT2D eigenvalue weighted by Gasteiger charge is 2.33. The minimum absolute atomic E-state index is 0.0158. The monoisotopic (exact) mass is 501 g/mol. The van der Waals surface area contributed by atoms with Gasteiger partial charge in [0.05, 0.1) is 42.8 Å². The van der Waals surface area contributed by atoms with Crippen LogP contribution in [0.1, 0.15) is 35.7 Å². The van der Waals surface area contributed by atoms with Gasteiger partial charge >= 0.3 is 0 Å². The van der Waals surface area contributed by atoms with Gasteiger partial charge in [0.25, 0.3) is 10.1 Å². The molecule has 0 radical (unpaired) electrons. The molecule has 7 nitrogen and oxygen atoms in total. The first kappa shape index (κ1) is 26.1. The van der Waals surface area contributed by atoms with E-state index in [2.05, 4.69) is 0 Å². The maximum Gasteiger partial charge on any atom is 0.264 e. The van der Waals surface area contributed by atoms with Gasteiger partial charge in [-0.1, -0.05) is 42.3 Å². The number of carbonyl (C=O) groups excluding carboxylic acids is 1. The topological polar surface area (TPSA) is 103 Å². The molecule has 0 heterocycles. The first-order valence-corrected chi connectivity index (χ1v) is 12.1. The largest absolute Gasteiger partial charge is 0.496 e. The van der Waals surface area contributed by atoms with E-state index in [4.69, 9.17) is 42.3 Å². The van der Waals surface area contributed by atoms with E-state index in [-0.39, 0.29) is 42.2 Å². The Bertz CT molecular complexity index is 1100. The average molecular weight is 502 g/mol. The molecule has 2 aromatic carbocycles. The zero-order valence-electron chi connectivity index (χ0n) is 18.2. The maximum atomic E-state index is 13.2. The van der Waals surface area contributed by atoms with Crippen molar-refractivity contribution in [3.63, 3.8) is 0 Å². The molecule has 0 aliphatic rings. The minimum Gasteiger partial charge on any atom is -0.496 e. The summed E-state index contributed by atoms with van der Waals surface area (Å²) in [7, 11) is -0.794. The smallest absolute Gasteiger partial charge is 0.264 e. The quantitative estimate of drug-likeness (QED) is 0.266. The van der Waals surface area contributed by atoms with Crippen molar-refractivity contribution >= 4 is 44.8 Å². The Morgan fingerprint density at radius 1 is 1.06 bits per heavy atom. The average Bonchev–Trinajstić information content (AvgIpc) is 2.73. The van der Waals surface area contributed by atoms with Crippen molar-refractivity contribution in [3.8, 4) is 11.5 Å². The minimum atomic E-state index is -3.65. The van der Waals surface area contributed by atoms with Crippen molar-refractivity contribution in [2.75, 3.05) is 27.1 Å². The Labute approximate surface area is 198 Å². The third-order valence-corrected chi connectivity index (χ3v) is 6.40. The number of carbonyl (C=O) groups is 1. The van der Waals surface area contributed by atoms with Crippen LogP contribution in [0.5, 0.6) is 11.5 Å². The van der Waals surface area contributed by atoms with E-state index < -0.39 is 21.3 Å². The van der Waals surface area contributed by atoms with Crippen LogP contribution in [0.4, 0.5) is 0 Å². The highest BCUT2D eigenvalue weighted by molar-refractivity contribution is 7.85. The maximum absolute atomic E-state index is 13.2. The Kier molecular flexibility index (Phi) is 8.70. The third-order valence-electron chi connectivity index (χ3n) is 5.06. The van der Waals surface area contributed by atoms with E-state index in [0.717, 1.165) is 6.26 Å². The molecule has 0 bridgehead atoms. The molecule has 32 heavy (non-hydrogen) atoms. The summed E-state index contributed by atoms with van der Waals surface area (Å²) in [6, 6.07) is 9.90. The number of benzene rings is 2. The van der Waals surface area contributed by atoms with Crippen LogP contribution in [0.15, 0.2) is 36.4 Å². The van der Waals surface area contributed by atoms with Crippen LogP contribution in [0, 0.1) is 5.41 Å². The lowest BCUT2D eigenvalue weighted by Gasteiger charge is -2.30. The van der Waals surface area contributed by atoms with Crippen LogP contribution in [0.25, 0.3) is 0 Å². The molecule has 0 aliphatic carbocycles. The molecule has 0 saturated carbocycles. The van der Waals surface area contributed by atoms with Crippen LogP contribution >= 0.6 is 23.2 Å². The van der Waals surface area contributed by atoms with Gasteiger partial charge in [0.2, 0.25) is 5.78 Å². The molecule has 0 fully saturated rings. The molecule has 0 saturated heterocycles. The summed E-state index contributed by atoms with van der Waals surface area (Å²) in [5.74, 6) is 0.0149. The van der Waals surface area contributed by atoms with Crippen molar-refractivity contribution in [1.82, 2.24) is 0 Å². The third kappa shape index (κ3) is 6.45. The van der Waals surface area contributed by atoms with Crippen LogP contribution in [-0.2, 0) is 19.7 Å². The fourth-order valence-corrected chi connectivity index (χ4v) is 4.01. The molecule has 174 valence electrons. The fraction of sp³-hybridized carbons (Fsp3) is 0.364. The predicted octanol–water partition coefficient (Wildman–Crippen LogP) is 4.93. The summed E-state index contributed by atoms with van der Waals surface area (Å²) in [4.78, 5) is 13.2. The van der Waals surface area contributed by atoms with E-state index >= 15 is 0 Å². The van der Waals surface area contributed by atoms with Crippen molar-refractivity contribution in [3.05, 3.63) is 57.6 Å². The first-order chi connectivity index (χ1) is 14.9. The lowest BCUT2D eigenvalue weighted by Crippen LogP contribution is -2.31. The molecule has 0 amide bonds. The molecule has 2 rings (SSSR count). The second-order valence-corrected chi connectivity index (χ2v) is 9.95. The number of rotatable bonds is 11. The number of halogens is 2. The normalized spacial score (nSPS) is 13.3. The Morgan fingerprint density at radius 3 is 2.16 bits per heavy atom. The molecule has 1 unspecified atom stereocenters. The van der Waals surface area contributed by atoms with Gasteiger partial charge in [0, 0.05) is 11.8 Å². The highest BCUT2D eigenvalue weighted by atomic mass is 35.5. The number of methoxy groups -OCH3 is 2. The molecule has 2 aromatic rings. The number of nitrogens with one attached hydrogen (secondary N) is 1. The zero-order chi connectivity index (χ0) is 24.1. The fourth-order valence-electron chi connectivity index (χ4n) is 3.32. The van der Waals surface area contributed by atoms with E-state index in [0.29, 0.717) is 15.6 Å². The molecule has 0 spiro atoms. The van der Waals surface area contributed by atoms with Crippen LogP contribution in [0.3, 0.4) is 0 Å². The van der Waals surface area contributed by atoms with Gasteiger partial charge in [-0.2, -0.15) is 8.42 Å². The number of Topliss-reactive ketones (excluding diaryl/α,β-unsaturated/α-hetero) is 1. The predicted molar refractivity (Wildman–Crippen MR) is 125 cm³/mol. The summed E-state index contributed by atoms with van der Waals surface area (Å²) in [6.07, 6.45) is 1.15. The van der Waals surface area contributed by atoms with Crippen LogP contribution in [-0.4, -0.2) is 47.0 Å². The summed E-state index contributed by atoms with van der Waals surface area (Å²) in [6.45, 7) is 1.68. The van der Waals surface area contributed by atoms with Gasteiger partial charge in [-0.05, 0) is 36.2 Å². The van der Waals surface area contributed by atoms with Crippen LogP contribution < -0.4 is 9.47 Å². The zero-order valence-corrected chi connectivity index (χ0v) is 20.5. The van der Waals surface area contributed by atoms with Crippen molar-refractivity contribution in [2.24, 2.45) is 0 Å². The summed E-state index contributed by atoms with van der Waals surface area (Å²) >= 11 is 12.2. The van der Waals surface area contributed by atoms with Crippen molar-refractivity contribution in [1.29, 1.82) is 5.41 Å². The number of hydrogen-bond donors (Lipinski definition) is 1. The molecule has 1 atom stereocenters. The van der Waals surface area contributed by atoms with Crippen molar-refractivity contribution in [2.45, 2.75) is 25.2 Å². The second-order valence-electron chi connectivity index (χ2n) is 7.49. The van der Waals surface area contributed by atoms with Gasteiger partial charge < -0.3 is 14.9 Å². The van der Waals surface area contributed by atoms with Gasteiger partial charge in [0.15, 0.2) is 0 Å². The Hall–Kier alpha value is -2.13. The number of ketones is 1. The molecule has 0 aromatic heterocycles. The molecule has 10 heteroatoms. The van der Waals surface area contributed by atoms with Gasteiger partial charge in [-0.3, -0.25) is 8.98 Å². The summed E-state index contributed by atoms with van der Waals surface area (Å²) < 4.78 is 38.3. The Balaban J connectivity index is 2.41. The molecular formula is C22H25Cl2NO6S. The molecule has 1 N–H and O–H groups in total. The standard InChI is InChI=1S/C22H25Cl2NO6S/c1-22(10-11-31-32(4,27)28,14-8-9-15(23)16(24)12-14)13-17(25)21(26)20-18(29-2)6-5-7-19(20)30-3/h5-9,12,25H,10-11,13H2,1-4H3. The Morgan fingerprint density at radius 2 is 1.66 bits per heavy atom. The van der Waals surface area contributed by atoms with Gasteiger partial charge in [-0.25, -0.2) is 0 Å². The van der Waals surface area contributed by atoms with E-state index in [1.807, 2.05) is 0 Å². The molecule has 0 aliphatic heterocycles. The molecular weight excluding hydrogens is 477 g/mol.